The maximum absolute atomic E-state index is 12.8. The molecule has 0 aromatic rings. The first kappa shape index (κ1) is 86.4. The summed E-state index contributed by atoms with van der Waals surface area (Å²) in [5.41, 5.74) is 5.41. The van der Waals surface area contributed by atoms with Gasteiger partial charge >= 0.3 is 19.8 Å². The summed E-state index contributed by atoms with van der Waals surface area (Å²) < 4.78 is 33.2. The highest BCUT2D eigenvalue weighted by Crippen LogP contribution is 2.43. The molecule has 2 unspecified atom stereocenters. The standard InChI is InChI=1S/C80H140NO8P/c1-3-5-7-9-11-13-15-17-19-21-23-25-27-29-31-33-34-35-36-37-38-39-40-41-42-43-44-45-47-49-51-53-55-57-59-61-63-65-67-69-71-73-80(83)89-78(77-88-90(84,85)87-75-74-81)76-86-79(82)72-70-68-66-64-62-60-58-56-54-52-50-48-46-32-30-28-26-24-22-20-18-16-14-12-10-8-6-4-2/h5,7,11,13,17,19,23,25,29,31,34-35,37-38,40-41,43-44,47,49,78H,3-4,6,8-10,12,14-16,18,20-22,24,26-28,30,32-33,36,39,42,45-46,48,50-77,81H2,1-2H3,(H,84,85)/b7-5-,13-11-,19-17-,25-23-,31-29-,35-34-,38-37-,41-40-,44-43-,49-47-. The summed E-state index contributed by atoms with van der Waals surface area (Å²) in [5.74, 6) is -0.823. The lowest BCUT2D eigenvalue weighted by atomic mass is 10.0. The van der Waals surface area contributed by atoms with Crippen molar-refractivity contribution in [3.63, 3.8) is 0 Å². The Labute approximate surface area is 555 Å². The lowest BCUT2D eigenvalue weighted by molar-refractivity contribution is -0.161. The number of hydrogen-bond donors (Lipinski definition) is 2. The maximum atomic E-state index is 12.8. The van der Waals surface area contributed by atoms with Crippen molar-refractivity contribution in [3.05, 3.63) is 122 Å². The number of unbranched alkanes of at least 4 members (excludes halogenated alkanes) is 37. The smallest absolute Gasteiger partial charge is 0.462 e. The van der Waals surface area contributed by atoms with Gasteiger partial charge < -0.3 is 20.1 Å². The number of nitrogens with two attached hydrogens (primary N) is 1. The first-order chi connectivity index (χ1) is 44.3. The second kappa shape index (κ2) is 74.4. The van der Waals surface area contributed by atoms with Gasteiger partial charge in [-0.1, -0.05) is 360 Å². The Morgan fingerprint density at radius 2 is 0.611 bits per heavy atom. The molecule has 0 aromatic heterocycles. The van der Waals surface area contributed by atoms with Gasteiger partial charge in [0.2, 0.25) is 0 Å². The summed E-state index contributed by atoms with van der Waals surface area (Å²) in [5, 5.41) is 0. The fourth-order valence-corrected chi connectivity index (χ4v) is 11.4. The number of allylic oxidation sites excluding steroid dienone is 20. The normalized spacial score (nSPS) is 13.6. The van der Waals surface area contributed by atoms with E-state index in [0.29, 0.717) is 6.42 Å². The molecule has 518 valence electrons. The SMILES string of the molecule is CC/C=C\C/C=C\C/C=C\C/C=C\C/C=C\C/C=C\C/C=C\C/C=C\C/C=C\C/C=C\CCCCCCCCCCCCC(=O)OC(COC(=O)CCCCCCCCCCCCCCCCCCCCCCCCCCCCCC)COP(=O)(O)OCCN. The molecule has 0 heterocycles. The molecule has 0 fully saturated rings. The molecule has 0 aliphatic rings. The van der Waals surface area contributed by atoms with E-state index in [1.807, 2.05) is 0 Å². The first-order valence-electron chi connectivity index (χ1n) is 37.5. The van der Waals surface area contributed by atoms with Gasteiger partial charge in [0.1, 0.15) is 6.61 Å². The molecule has 0 saturated carbocycles. The number of phosphoric acid groups is 1. The topological polar surface area (TPSA) is 134 Å². The molecule has 0 aliphatic carbocycles. The molecule has 0 radical (unpaired) electrons. The Hall–Kier alpha value is -3.59. The summed E-state index contributed by atoms with van der Waals surface area (Å²) >= 11 is 0. The highest BCUT2D eigenvalue weighted by molar-refractivity contribution is 7.47. The van der Waals surface area contributed by atoms with Crippen LogP contribution < -0.4 is 5.73 Å². The zero-order valence-electron chi connectivity index (χ0n) is 58.3. The Kier molecular flexibility index (Phi) is 71.5. The predicted molar refractivity (Wildman–Crippen MR) is 390 cm³/mol. The van der Waals surface area contributed by atoms with Crippen molar-refractivity contribution in [2.24, 2.45) is 5.73 Å². The number of carbonyl (C=O) groups is 2. The van der Waals surface area contributed by atoms with E-state index in [-0.39, 0.29) is 38.6 Å². The van der Waals surface area contributed by atoms with E-state index in [9.17, 15) is 19.0 Å². The van der Waals surface area contributed by atoms with Gasteiger partial charge in [-0.3, -0.25) is 18.6 Å². The fourth-order valence-electron chi connectivity index (χ4n) is 10.6. The molecule has 2 atom stereocenters. The van der Waals surface area contributed by atoms with E-state index in [2.05, 4.69) is 135 Å². The average molecular weight is 1270 g/mol. The van der Waals surface area contributed by atoms with Crippen molar-refractivity contribution in [1.29, 1.82) is 0 Å². The van der Waals surface area contributed by atoms with Gasteiger partial charge in [-0.05, 0) is 89.9 Å². The van der Waals surface area contributed by atoms with Crippen LogP contribution in [0.2, 0.25) is 0 Å². The van der Waals surface area contributed by atoms with Crippen molar-refractivity contribution in [2.75, 3.05) is 26.4 Å². The zero-order valence-corrected chi connectivity index (χ0v) is 59.2. The van der Waals surface area contributed by atoms with E-state index >= 15 is 0 Å². The van der Waals surface area contributed by atoms with Crippen LogP contribution in [0.15, 0.2) is 122 Å². The van der Waals surface area contributed by atoms with Crippen molar-refractivity contribution in [1.82, 2.24) is 0 Å². The predicted octanol–water partition coefficient (Wildman–Crippen LogP) is 25.0. The summed E-state index contributed by atoms with van der Waals surface area (Å²) in [6.45, 7) is 3.67. The van der Waals surface area contributed by atoms with Crippen molar-refractivity contribution < 1.29 is 37.6 Å². The Morgan fingerprint density at radius 1 is 0.344 bits per heavy atom. The molecule has 0 aliphatic heterocycles. The minimum absolute atomic E-state index is 0.0496. The van der Waals surface area contributed by atoms with Gasteiger partial charge in [0, 0.05) is 19.4 Å². The molecule has 0 aromatic carbocycles. The molecule has 0 rings (SSSR count). The van der Waals surface area contributed by atoms with Crippen LogP contribution in [-0.2, 0) is 32.7 Å². The van der Waals surface area contributed by atoms with Crippen LogP contribution in [0.1, 0.15) is 341 Å². The molecule has 9 nitrogen and oxygen atoms in total. The van der Waals surface area contributed by atoms with E-state index < -0.39 is 26.5 Å². The molecule has 0 amide bonds. The summed E-state index contributed by atoms with van der Waals surface area (Å²) in [6, 6.07) is 0. The summed E-state index contributed by atoms with van der Waals surface area (Å²) in [7, 11) is -4.40. The highest BCUT2D eigenvalue weighted by atomic mass is 31.2. The minimum Gasteiger partial charge on any atom is -0.462 e. The molecule has 90 heavy (non-hydrogen) atoms. The van der Waals surface area contributed by atoms with Gasteiger partial charge in [-0.15, -0.1) is 0 Å². The van der Waals surface area contributed by atoms with Gasteiger partial charge in [0.15, 0.2) is 6.10 Å². The number of carbonyl (C=O) groups excluding carboxylic acids is 2. The monoisotopic (exact) mass is 1270 g/mol. The molecule has 3 N–H and O–H groups in total. The van der Waals surface area contributed by atoms with E-state index in [4.69, 9.17) is 24.3 Å². The van der Waals surface area contributed by atoms with Crippen LogP contribution in [0.3, 0.4) is 0 Å². The van der Waals surface area contributed by atoms with Gasteiger partial charge in [-0.2, -0.15) is 0 Å². The van der Waals surface area contributed by atoms with Gasteiger partial charge in [0.25, 0.3) is 0 Å². The highest BCUT2D eigenvalue weighted by Gasteiger charge is 2.26. The second-order valence-electron chi connectivity index (χ2n) is 24.8. The van der Waals surface area contributed by atoms with Crippen molar-refractivity contribution in [2.45, 2.75) is 347 Å². The van der Waals surface area contributed by atoms with E-state index in [1.165, 1.54) is 199 Å². The number of rotatable bonds is 70. The molecule has 0 bridgehead atoms. The Balaban J connectivity index is 3.90. The third-order valence-corrected chi connectivity index (χ3v) is 17.1. The van der Waals surface area contributed by atoms with Crippen LogP contribution in [0.5, 0.6) is 0 Å². The van der Waals surface area contributed by atoms with Crippen molar-refractivity contribution >= 4 is 19.8 Å². The number of hydrogen-bond acceptors (Lipinski definition) is 8. The maximum Gasteiger partial charge on any atom is 0.472 e. The lowest BCUT2D eigenvalue weighted by Gasteiger charge is -2.19. The van der Waals surface area contributed by atoms with Gasteiger partial charge in [-0.25, -0.2) is 4.57 Å². The van der Waals surface area contributed by atoms with E-state index in [0.717, 1.165) is 109 Å². The van der Waals surface area contributed by atoms with Crippen LogP contribution >= 0.6 is 7.82 Å². The third kappa shape index (κ3) is 73.5. The second-order valence-corrected chi connectivity index (χ2v) is 26.2. The number of ether oxygens (including phenoxy) is 2. The number of phosphoric ester groups is 1. The quantitative estimate of drug-likeness (QED) is 0.0264. The fraction of sp³-hybridized carbons (Fsp3) is 0.725. The van der Waals surface area contributed by atoms with Crippen LogP contribution in [0, 0.1) is 0 Å². The van der Waals surface area contributed by atoms with Crippen LogP contribution in [-0.4, -0.2) is 49.3 Å². The summed E-state index contributed by atoms with van der Waals surface area (Å²) in [4.78, 5) is 35.4. The van der Waals surface area contributed by atoms with Gasteiger partial charge in [0.05, 0.1) is 13.2 Å². The molecule has 10 heteroatoms. The average Bonchev–Trinajstić information content (AvgIpc) is 3.68. The summed E-state index contributed by atoms with van der Waals surface area (Å²) in [6.07, 6.45) is 104. The minimum atomic E-state index is -4.40. The Morgan fingerprint density at radius 3 is 0.911 bits per heavy atom. The molecular weight excluding hydrogens is 1130 g/mol. The van der Waals surface area contributed by atoms with E-state index in [1.54, 1.807) is 0 Å². The van der Waals surface area contributed by atoms with Crippen LogP contribution in [0.4, 0.5) is 0 Å². The third-order valence-electron chi connectivity index (χ3n) is 16.1. The number of esters is 2. The largest absolute Gasteiger partial charge is 0.472 e. The first-order valence-corrected chi connectivity index (χ1v) is 39.0. The molecule has 0 saturated heterocycles. The lowest BCUT2D eigenvalue weighted by Crippen LogP contribution is -2.29. The molecule has 0 spiro atoms. The molecular formula is C80H140NO8P. The zero-order chi connectivity index (χ0) is 65.1. The van der Waals surface area contributed by atoms with Crippen molar-refractivity contribution in [3.8, 4) is 0 Å². The Bertz CT molecular complexity index is 1890. The van der Waals surface area contributed by atoms with Crippen LogP contribution in [0.25, 0.3) is 0 Å².